The van der Waals surface area contributed by atoms with E-state index in [1.165, 1.54) is 19.6 Å². The first-order chi connectivity index (χ1) is 10.9. The predicted molar refractivity (Wildman–Crippen MR) is 71.6 cm³/mol. The van der Waals surface area contributed by atoms with Gasteiger partial charge >= 0.3 is 0 Å². The molecule has 1 fully saturated rings. The van der Waals surface area contributed by atoms with Gasteiger partial charge in [-0.1, -0.05) is 5.16 Å². The van der Waals surface area contributed by atoms with E-state index in [1.807, 2.05) is 0 Å². The van der Waals surface area contributed by atoms with E-state index in [0.717, 1.165) is 4.90 Å². The van der Waals surface area contributed by atoms with E-state index in [9.17, 15) is 13.6 Å². The lowest BCUT2D eigenvalue weighted by Gasteiger charge is -2.19. The van der Waals surface area contributed by atoms with E-state index < -0.39 is 30.8 Å². The van der Waals surface area contributed by atoms with Crippen molar-refractivity contribution in [3.8, 4) is 0 Å². The Bertz CT molecular complexity index is 714. The van der Waals surface area contributed by atoms with E-state index in [-0.39, 0.29) is 24.0 Å². The number of methoxy groups -OCH3 is 1. The predicted octanol–water partition coefficient (Wildman–Crippen LogP) is 1.17. The van der Waals surface area contributed by atoms with E-state index >= 15 is 0 Å². The Morgan fingerprint density at radius 2 is 2.35 bits per heavy atom. The summed E-state index contributed by atoms with van der Waals surface area (Å²) in [6.07, 6.45) is 2.33. The van der Waals surface area contributed by atoms with Crippen LogP contribution in [-0.2, 0) is 18.4 Å². The van der Waals surface area contributed by atoms with Crippen molar-refractivity contribution in [3.05, 3.63) is 29.9 Å². The van der Waals surface area contributed by atoms with Crippen LogP contribution in [0.5, 0.6) is 0 Å². The second kappa shape index (κ2) is 5.69. The van der Waals surface area contributed by atoms with Crippen LogP contribution in [0, 0.1) is 0 Å². The molecule has 0 bridgehead atoms. The van der Waals surface area contributed by atoms with Gasteiger partial charge in [0.25, 0.3) is 11.8 Å². The lowest BCUT2D eigenvalue weighted by atomic mass is 10.2. The molecule has 23 heavy (non-hydrogen) atoms. The summed E-state index contributed by atoms with van der Waals surface area (Å²) >= 11 is 0. The number of carbonyl (C=O) groups excluding carboxylic acids is 1. The van der Waals surface area contributed by atoms with Crippen LogP contribution in [0.25, 0.3) is 0 Å². The van der Waals surface area contributed by atoms with Crippen LogP contribution in [0.2, 0.25) is 0 Å². The first-order valence-corrected chi connectivity index (χ1v) is 6.88. The summed E-state index contributed by atoms with van der Waals surface area (Å²) in [7, 11) is 3.14. The van der Waals surface area contributed by atoms with Crippen molar-refractivity contribution < 1.29 is 22.8 Å². The number of amides is 1. The third-order valence-corrected chi connectivity index (χ3v) is 3.50. The van der Waals surface area contributed by atoms with Crippen LogP contribution in [0.1, 0.15) is 34.7 Å². The summed E-state index contributed by atoms with van der Waals surface area (Å²) in [6, 6.07) is -0.988. The highest BCUT2D eigenvalue weighted by Crippen LogP contribution is 2.41. The molecule has 124 valence electrons. The fourth-order valence-electron chi connectivity index (χ4n) is 2.51. The Kier molecular flexibility index (Phi) is 3.84. The summed E-state index contributed by atoms with van der Waals surface area (Å²) in [4.78, 5) is 21.4. The van der Waals surface area contributed by atoms with Gasteiger partial charge in [0.05, 0.1) is 12.9 Å². The number of carbonyl (C=O) groups is 1. The lowest BCUT2D eigenvalue weighted by molar-refractivity contribution is 0.0116. The Hall–Kier alpha value is -2.36. The molecule has 0 unspecified atom stereocenters. The number of nitrogens with zero attached hydrogens (tertiary/aromatic N) is 5. The molecule has 2 aromatic rings. The minimum Gasteiger partial charge on any atom is -0.377 e. The number of halogens is 2. The number of ether oxygens (including phenoxy) is 1. The monoisotopic (exact) mass is 327 g/mol. The first-order valence-electron chi connectivity index (χ1n) is 6.88. The topological polar surface area (TPSA) is 86.3 Å². The fraction of sp³-hybridized carbons (Fsp3) is 0.538. The molecule has 0 aliphatic carbocycles. The molecule has 3 rings (SSSR count). The van der Waals surface area contributed by atoms with Gasteiger partial charge < -0.3 is 18.7 Å². The molecular formula is C13H15F2N5O3. The molecule has 10 heteroatoms. The molecule has 1 aliphatic heterocycles. The third-order valence-electron chi connectivity index (χ3n) is 3.50. The van der Waals surface area contributed by atoms with Crippen LogP contribution in [0.4, 0.5) is 8.78 Å². The number of imidazole rings is 1. The van der Waals surface area contributed by atoms with Gasteiger partial charge in [0, 0.05) is 26.8 Å². The van der Waals surface area contributed by atoms with E-state index in [1.54, 1.807) is 11.6 Å². The molecule has 0 radical (unpaired) electrons. The molecular weight excluding hydrogens is 312 g/mol. The van der Waals surface area contributed by atoms with Crippen molar-refractivity contribution in [1.29, 1.82) is 0 Å². The van der Waals surface area contributed by atoms with Gasteiger partial charge in [-0.05, 0) is 0 Å². The quantitative estimate of drug-likeness (QED) is 0.838. The number of aromatic nitrogens is 4. The normalized spacial score (nSPS) is 20.2. The molecule has 1 amide bonds. The van der Waals surface area contributed by atoms with Gasteiger partial charge in [0.2, 0.25) is 5.89 Å². The Morgan fingerprint density at radius 1 is 1.57 bits per heavy atom. The number of hydrogen-bond donors (Lipinski definition) is 0. The number of hydrogen-bond acceptors (Lipinski definition) is 6. The fourth-order valence-corrected chi connectivity index (χ4v) is 2.51. The van der Waals surface area contributed by atoms with Gasteiger partial charge in [0.1, 0.15) is 18.3 Å². The summed E-state index contributed by atoms with van der Waals surface area (Å²) in [5, 5.41) is 3.66. The molecule has 0 saturated carbocycles. The van der Waals surface area contributed by atoms with Crippen LogP contribution in [-0.4, -0.2) is 50.1 Å². The Balaban J connectivity index is 1.88. The van der Waals surface area contributed by atoms with E-state index in [0.29, 0.717) is 0 Å². The summed E-state index contributed by atoms with van der Waals surface area (Å²) < 4.78 is 39.1. The van der Waals surface area contributed by atoms with Gasteiger partial charge in [-0.25, -0.2) is 13.8 Å². The molecule has 0 aromatic carbocycles. The van der Waals surface area contributed by atoms with Crippen molar-refractivity contribution in [2.75, 3.05) is 13.7 Å². The second-order valence-corrected chi connectivity index (χ2v) is 5.42. The van der Waals surface area contributed by atoms with Crippen LogP contribution < -0.4 is 0 Å². The zero-order chi connectivity index (χ0) is 16.6. The lowest BCUT2D eigenvalue weighted by Crippen LogP contribution is -2.33. The smallest absolute Gasteiger partial charge is 0.274 e. The van der Waals surface area contributed by atoms with Gasteiger partial charge in [-0.2, -0.15) is 4.98 Å². The highest BCUT2D eigenvalue weighted by molar-refractivity contribution is 5.92. The van der Waals surface area contributed by atoms with Crippen LogP contribution >= 0.6 is 0 Å². The summed E-state index contributed by atoms with van der Waals surface area (Å²) in [6.45, 7) is -0.615. The van der Waals surface area contributed by atoms with E-state index in [2.05, 4.69) is 15.1 Å². The molecule has 8 nitrogen and oxygen atoms in total. The maximum absolute atomic E-state index is 13.8. The minimum atomic E-state index is -3.02. The zero-order valence-corrected chi connectivity index (χ0v) is 12.6. The van der Waals surface area contributed by atoms with Crippen molar-refractivity contribution >= 4 is 5.91 Å². The number of alkyl halides is 2. The van der Waals surface area contributed by atoms with Crippen LogP contribution in [0.15, 0.2) is 17.0 Å². The maximum atomic E-state index is 13.8. The maximum Gasteiger partial charge on any atom is 0.274 e. The first kappa shape index (κ1) is 15.5. The van der Waals surface area contributed by atoms with Crippen molar-refractivity contribution in [3.63, 3.8) is 0 Å². The Morgan fingerprint density at radius 3 is 3.00 bits per heavy atom. The van der Waals surface area contributed by atoms with Crippen molar-refractivity contribution in [2.45, 2.75) is 25.0 Å². The average Bonchev–Trinajstić information content (AvgIpc) is 3.17. The number of likely N-dealkylation sites (tertiary alicyclic amines) is 1. The average molecular weight is 327 g/mol. The highest BCUT2D eigenvalue weighted by Gasteiger charge is 2.50. The van der Waals surface area contributed by atoms with Gasteiger partial charge in [-0.15, -0.1) is 0 Å². The number of aryl methyl sites for hydroxylation is 1. The summed E-state index contributed by atoms with van der Waals surface area (Å²) in [5.41, 5.74) is 0.0897. The molecule has 3 heterocycles. The third kappa shape index (κ3) is 3.07. The molecule has 1 saturated heterocycles. The van der Waals surface area contributed by atoms with Crippen molar-refractivity contribution in [1.82, 2.24) is 24.6 Å². The molecule has 0 N–H and O–H groups in total. The van der Waals surface area contributed by atoms with Crippen LogP contribution in [0.3, 0.4) is 0 Å². The van der Waals surface area contributed by atoms with Gasteiger partial charge in [0.15, 0.2) is 5.82 Å². The number of rotatable bonds is 4. The minimum absolute atomic E-state index is 0.0292. The van der Waals surface area contributed by atoms with Gasteiger partial charge in [-0.3, -0.25) is 4.79 Å². The Labute approximate surface area is 130 Å². The summed E-state index contributed by atoms with van der Waals surface area (Å²) in [5.74, 6) is -3.41. The molecule has 1 aliphatic rings. The molecule has 2 aromatic heterocycles. The van der Waals surface area contributed by atoms with Crippen molar-refractivity contribution in [2.24, 2.45) is 7.05 Å². The standard InChI is InChI=1S/C13H15F2N5O3/c1-19-4-8(16-7-19)12(21)20-6-13(14,15)3-9(20)11-17-10(5-22-2)18-23-11/h4,7,9H,3,5-6H2,1-2H3/t9-/m0/s1. The molecule has 0 spiro atoms. The highest BCUT2D eigenvalue weighted by atomic mass is 19.3. The zero-order valence-electron chi connectivity index (χ0n) is 12.6. The second-order valence-electron chi connectivity index (χ2n) is 5.42. The largest absolute Gasteiger partial charge is 0.377 e. The van der Waals surface area contributed by atoms with E-state index in [4.69, 9.17) is 9.26 Å². The SMILES string of the molecule is COCc1noc([C@@H]2CC(F)(F)CN2C(=O)c2cn(C)cn2)n1. The molecule has 1 atom stereocenters.